The normalized spacial score (nSPS) is 17.6. The Hall–Kier alpha value is -2.62. The van der Waals surface area contributed by atoms with E-state index in [0.29, 0.717) is 12.3 Å². The maximum Gasteiger partial charge on any atom is 0.223 e. The number of carbonyl (C=O) groups excluding carboxylic acids is 1. The molecule has 2 aromatic carbocycles. The molecule has 4 heteroatoms. The standard InChI is InChI=1S/C23H26N2O2/c1-23(2,3)15-21(26)25-13-7-10-19(25)22-24-18-14-17(11-12-20(18)27-22)16-8-5-4-6-9-16/h4-6,8-9,11-12,14,19H,7,10,13,15H2,1-3H3/t19-/m1/s1. The van der Waals surface area contributed by atoms with Crippen LogP contribution in [-0.2, 0) is 4.79 Å². The SMILES string of the molecule is CC(C)(C)CC(=O)N1CCC[C@@H]1c1nc2cc(-c3ccccc3)ccc2o1. The van der Waals surface area contributed by atoms with E-state index in [1.54, 1.807) is 0 Å². The van der Waals surface area contributed by atoms with Crippen molar-refractivity contribution in [3.05, 3.63) is 54.4 Å². The molecule has 1 saturated heterocycles. The van der Waals surface area contributed by atoms with Crippen LogP contribution in [0.1, 0.15) is 52.0 Å². The molecule has 1 aromatic heterocycles. The highest BCUT2D eigenvalue weighted by Gasteiger charge is 2.34. The second kappa shape index (κ2) is 6.84. The van der Waals surface area contributed by atoms with Crippen LogP contribution in [0.3, 0.4) is 0 Å². The van der Waals surface area contributed by atoms with Crippen molar-refractivity contribution in [2.24, 2.45) is 5.41 Å². The van der Waals surface area contributed by atoms with E-state index in [1.165, 1.54) is 0 Å². The Bertz CT molecular complexity index is 953. The number of fused-ring (bicyclic) bond motifs is 1. The van der Waals surface area contributed by atoms with Gasteiger partial charge in [-0.05, 0) is 41.5 Å². The van der Waals surface area contributed by atoms with Gasteiger partial charge in [0.05, 0.1) is 0 Å². The molecular weight excluding hydrogens is 336 g/mol. The summed E-state index contributed by atoms with van der Waals surface area (Å²) >= 11 is 0. The summed E-state index contributed by atoms with van der Waals surface area (Å²) in [6.07, 6.45) is 2.45. The summed E-state index contributed by atoms with van der Waals surface area (Å²) in [5.74, 6) is 0.854. The molecule has 4 nitrogen and oxygen atoms in total. The molecular formula is C23H26N2O2. The van der Waals surface area contributed by atoms with E-state index in [9.17, 15) is 4.79 Å². The Morgan fingerprint density at radius 1 is 1.15 bits per heavy atom. The van der Waals surface area contributed by atoms with Crippen LogP contribution in [0, 0.1) is 5.41 Å². The number of hydrogen-bond acceptors (Lipinski definition) is 3. The number of benzene rings is 2. The molecule has 140 valence electrons. The van der Waals surface area contributed by atoms with E-state index >= 15 is 0 Å². The van der Waals surface area contributed by atoms with Crippen LogP contribution in [0.2, 0.25) is 0 Å². The van der Waals surface area contributed by atoms with Gasteiger partial charge >= 0.3 is 0 Å². The van der Waals surface area contributed by atoms with Gasteiger partial charge < -0.3 is 9.32 Å². The number of oxazole rings is 1. The second-order valence-corrected chi connectivity index (χ2v) is 8.58. The fourth-order valence-corrected chi connectivity index (χ4v) is 3.78. The van der Waals surface area contributed by atoms with Gasteiger partial charge in [-0.1, -0.05) is 57.2 Å². The molecule has 0 saturated carbocycles. The minimum Gasteiger partial charge on any atom is -0.438 e. The third-order valence-corrected chi connectivity index (χ3v) is 5.05. The Labute approximate surface area is 160 Å². The molecule has 0 spiro atoms. The second-order valence-electron chi connectivity index (χ2n) is 8.58. The monoisotopic (exact) mass is 362 g/mol. The number of hydrogen-bond donors (Lipinski definition) is 0. The topological polar surface area (TPSA) is 46.3 Å². The lowest BCUT2D eigenvalue weighted by Crippen LogP contribution is -2.33. The van der Waals surface area contributed by atoms with Gasteiger partial charge in [0.15, 0.2) is 5.58 Å². The Balaban J connectivity index is 1.62. The molecule has 0 N–H and O–H groups in total. The minimum atomic E-state index is -0.0487. The highest BCUT2D eigenvalue weighted by molar-refractivity contribution is 5.81. The first-order valence-electron chi connectivity index (χ1n) is 9.66. The molecule has 4 rings (SSSR count). The van der Waals surface area contributed by atoms with Crippen LogP contribution in [0.5, 0.6) is 0 Å². The molecule has 0 radical (unpaired) electrons. The van der Waals surface area contributed by atoms with E-state index < -0.39 is 0 Å². The lowest BCUT2D eigenvalue weighted by molar-refractivity contribution is -0.134. The zero-order valence-corrected chi connectivity index (χ0v) is 16.2. The van der Waals surface area contributed by atoms with Crippen molar-refractivity contribution >= 4 is 17.0 Å². The van der Waals surface area contributed by atoms with Crippen molar-refractivity contribution in [1.82, 2.24) is 9.88 Å². The van der Waals surface area contributed by atoms with Gasteiger partial charge in [-0.25, -0.2) is 4.98 Å². The molecule has 1 atom stereocenters. The fraction of sp³-hybridized carbons (Fsp3) is 0.391. The van der Waals surface area contributed by atoms with Crippen molar-refractivity contribution in [3.8, 4) is 11.1 Å². The van der Waals surface area contributed by atoms with Crippen molar-refractivity contribution < 1.29 is 9.21 Å². The summed E-state index contributed by atoms with van der Waals surface area (Å²) in [7, 11) is 0. The lowest BCUT2D eigenvalue weighted by atomic mass is 9.91. The predicted molar refractivity (Wildman–Crippen MR) is 107 cm³/mol. The summed E-state index contributed by atoms with van der Waals surface area (Å²) in [6, 6.07) is 16.3. The highest BCUT2D eigenvalue weighted by Crippen LogP contribution is 2.35. The zero-order valence-electron chi connectivity index (χ0n) is 16.2. The van der Waals surface area contributed by atoms with Crippen LogP contribution in [-0.4, -0.2) is 22.3 Å². The molecule has 3 aromatic rings. The Morgan fingerprint density at radius 2 is 1.93 bits per heavy atom. The molecule has 27 heavy (non-hydrogen) atoms. The summed E-state index contributed by atoms with van der Waals surface area (Å²) in [5.41, 5.74) is 3.89. The van der Waals surface area contributed by atoms with Crippen LogP contribution >= 0.6 is 0 Å². The number of aromatic nitrogens is 1. The number of nitrogens with zero attached hydrogens (tertiary/aromatic N) is 2. The van der Waals surface area contributed by atoms with Crippen molar-refractivity contribution in [2.45, 2.75) is 46.1 Å². The molecule has 0 aliphatic carbocycles. The van der Waals surface area contributed by atoms with E-state index in [1.807, 2.05) is 29.2 Å². The summed E-state index contributed by atoms with van der Waals surface area (Å²) in [4.78, 5) is 19.5. The number of amides is 1. The molecule has 1 fully saturated rings. The van der Waals surface area contributed by atoms with Gasteiger partial charge in [0.2, 0.25) is 11.8 Å². The maximum absolute atomic E-state index is 12.8. The Morgan fingerprint density at radius 3 is 2.67 bits per heavy atom. The lowest BCUT2D eigenvalue weighted by Gasteiger charge is -2.26. The van der Waals surface area contributed by atoms with E-state index in [0.717, 1.165) is 41.6 Å². The average molecular weight is 362 g/mol. The van der Waals surface area contributed by atoms with Crippen molar-refractivity contribution in [1.29, 1.82) is 0 Å². The summed E-state index contributed by atoms with van der Waals surface area (Å²) in [5, 5.41) is 0. The van der Waals surface area contributed by atoms with Crippen LogP contribution in [0.4, 0.5) is 0 Å². The van der Waals surface area contributed by atoms with Gasteiger partial charge in [-0.3, -0.25) is 4.79 Å². The van der Waals surface area contributed by atoms with Gasteiger partial charge in [0.25, 0.3) is 0 Å². The van der Waals surface area contributed by atoms with Gasteiger partial charge in [-0.2, -0.15) is 0 Å². The molecule has 0 bridgehead atoms. The largest absolute Gasteiger partial charge is 0.438 e. The van der Waals surface area contributed by atoms with E-state index in [-0.39, 0.29) is 17.4 Å². The average Bonchev–Trinajstić information content (AvgIpc) is 3.27. The zero-order chi connectivity index (χ0) is 19.0. The van der Waals surface area contributed by atoms with E-state index in [4.69, 9.17) is 9.40 Å². The van der Waals surface area contributed by atoms with Crippen molar-refractivity contribution in [3.63, 3.8) is 0 Å². The third-order valence-electron chi connectivity index (χ3n) is 5.05. The van der Waals surface area contributed by atoms with Gasteiger partial charge in [-0.15, -0.1) is 0 Å². The quantitative estimate of drug-likeness (QED) is 0.610. The molecule has 1 amide bonds. The maximum atomic E-state index is 12.8. The summed E-state index contributed by atoms with van der Waals surface area (Å²) < 4.78 is 6.05. The minimum absolute atomic E-state index is 0.0177. The first-order valence-corrected chi connectivity index (χ1v) is 9.66. The predicted octanol–water partition coefficient (Wildman–Crippen LogP) is 5.59. The molecule has 0 unspecified atom stereocenters. The summed E-state index contributed by atoms with van der Waals surface area (Å²) in [6.45, 7) is 7.08. The molecule has 2 heterocycles. The third kappa shape index (κ3) is 3.75. The first-order chi connectivity index (χ1) is 12.9. The Kier molecular flexibility index (Phi) is 4.50. The number of carbonyl (C=O) groups is 1. The van der Waals surface area contributed by atoms with E-state index in [2.05, 4.69) is 45.0 Å². The van der Waals surface area contributed by atoms with Crippen LogP contribution in [0.25, 0.3) is 22.2 Å². The molecule has 1 aliphatic rings. The first kappa shape index (κ1) is 17.8. The smallest absolute Gasteiger partial charge is 0.223 e. The van der Waals surface area contributed by atoms with Gasteiger partial charge in [0.1, 0.15) is 11.6 Å². The number of likely N-dealkylation sites (tertiary alicyclic amines) is 1. The van der Waals surface area contributed by atoms with Crippen molar-refractivity contribution in [2.75, 3.05) is 6.54 Å². The molecule has 1 aliphatic heterocycles. The van der Waals surface area contributed by atoms with Crippen LogP contribution in [0.15, 0.2) is 52.9 Å². The highest BCUT2D eigenvalue weighted by atomic mass is 16.3. The number of rotatable bonds is 3. The van der Waals surface area contributed by atoms with Gasteiger partial charge in [0, 0.05) is 13.0 Å². The fourth-order valence-electron chi connectivity index (χ4n) is 3.78. The van der Waals surface area contributed by atoms with Crippen LogP contribution < -0.4 is 0 Å².